The summed E-state index contributed by atoms with van der Waals surface area (Å²) in [4.78, 5) is 17.8. The monoisotopic (exact) mass is 449 g/mol. The van der Waals surface area contributed by atoms with E-state index in [1.165, 1.54) is 11.1 Å². The molecule has 1 aromatic heterocycles. The first kappa shape index (κ1) is 23.0. The number of aromatic nitrogens is 2. The molecule has 7 heteroatoms. The van der Waals surface area contributed by atoms with E-state index < -0.39 is 11.8 Å². The van der Waals surface area contributed by atoms with Crippen molar-refractivity contribution in [1.82, 2.24) is 15.0 Å². The zero-order valence-corrected chi connectivity index (χ0v) is 19.5. The van der Waals surface area contributed by atoms with Crippen molar-refractivity contribution >= 4 is 6.16 Å². The van der Waals surface area contributed by atoms with Crippen LogP contribution in [-0.4, -0.2) is 45.0 Å². The molecular formula is C26H31N3O4. The highest BCUT2D eigenvalue weighted by Crippen LogP contribution is 2.28. The van der Waals surface area contributed by atoms with Crippen LogP contribution < -0.4 is 0 Å². The van der Waals surface area contributed by atoms with Gasteiger partial charge in [-0.1, -0.05) is 55.4 Å². The summed E-state index contributed by atoms with van der Waals surface area (Å²) in [6.45, 7) is 8.70. The molecule has 2 aromatic carbocycles. The van der Waals surface area contributed by atoms with E-state index in [2.05, 4.69) is 53.2 Å². The standard InChI is InChI=1S/C26H31N3O4/c1-18(2)16-19-4-10-22(11-5-19)24-27-23(28-33-24)21-8-6-20(7-9-21)17-29-14-12-26(3,13-15-29)32-25(30)31/h4-11,18H,12-17H2,1-3H3,(H,30,31). The molecule has 0 radical (unpaired) electrons. The second-order valence-corrected chi connectivity index (χ2v) is 9.51. The molecule has 0 atom stereocenters. The van der Waals surface area contributed by atoms with Crippen LogP contribution in [0.25, 0.3) is 22.8 Å². The zero-order valence-electron chi connectivity index (χ0n) is 19.5. The van der Waals surface area contributed by atoms with Crippen molar-refractivity contribution in [1.29, 1.82) is 0 Å². The Kier molecular flexibility index (Phi) is 6.79. The van der Waals surface area contributed by atoms with E-state index in [9.17, 15) is 4.79 Å². The van der Waals surface area contributed by atoms with Crippen molar-refractivity contribution < 1.29 is 19.2 Å². The minimum atomic E-state index is -1.20. The molecule has 3 aromatic rings. The van der Waals surface area contributed by atoms with Gasteiger partial charge in [-0.25, -0.2) is 4.79 Å². The number of piperidine rings is 1. The number of carboxylic acid groups (broad SMARTS) is 1. The highest BCUT2D eigenvalue weighted by Gasteiger charge is 2.33. The highest BCUT2D eigenvalue weighted by atomic mass is 16.7. The Balaban J connectivity index is 1.35. The van der Waals surface area contributed by atoms with Gasteiger partial charge in [-0.2, -0.15) is 4.98 Å². The first-order chi connectivity index (χ1) is 15.8. The Morgan fingerprint density at radius 2 is 1.67 bits per heavy atom. The lowest BCUT2D eigenvalue weighted by atomic mass is 9.93. The largest absolute Gasteiger partial charge is 0.506 e. The van der Waals surface area contributed by atoms with Crippen molar-refractivity contribution in [2.45, 2.75) is 52.2 Å². The van der Waals surface area contributed by atoms with Crippen LogP contribution in [-0.2, 0) is 17.7 Å². The van der Waals surface area contributed by atoms with Crippen molar-refractivity contribution in [3.63, 3.8) is 0 Å². The van der Waals surface area contributed by atoms with Crippen molar-refractivity contribution in [3.8, 4) is 22.8 Å². The maximum atomic E-state index is 10.9. The van der Waals surface area contributed by atoms with Crippen molar-refractivity contribution in [3.05, 3.63) is 59.7 Å². The molecule has 33 heavy (non-hydrogen) atoms. The lowest BCUT2D eigenvalue weighted by molar-refractivity contribution is -0.0454. The summed E-state index contributed by atoms with van der Waals surface area (Å²) in [6.07, 6.45) is 1.24. The summed E-state index contributed by atoms with van der Waals surface area (Å²) in [5.41, 5.74) is 3.73. The number of likely N-dealkylation sites (tertiary alicyclic amines) is 1. The van der Waals surface area contributed by atoms with Crippen molar-refractivity contribution in [2.24, 2.45) is 5.92 Å². The van der Waals surface area contributed by atoms with Gasteiger partial charge in [-0.15, -0.1) is 0 Å². The molecule has 0 saturated carbocycles. The maximum Gasteiger partial charge on any atom is 0.506 e. The zero-order chi connectivity index (χ0) is 23.4. The topological polar surface area (TPSA) is 88.7 Å². The molecule has 1 fully saturated rings. The van der Waals surface area contributed by atoms with Crippen LogP contribution in [0.1, 0.15) is 44.7 Å². The van der Waals surface area contributed by atoms with E-state index >= 15 is 0 Å². The highest BCUT2D eigenvalue weighted by molar-refractivity contribution is 5.60. The van der Waals surface area contributed by atoms with Crippen LogP contribution in [0.5, 0.6) is 0 Å². The average Bonchev–Trinajstić information content (AvgIpc) is 3.26. The molecule has 4 rings (SSSR count). The van der Waals surface area contributed by atoms with Gasteiger partial charge in [0, 0.05) is 30.8 Å². The van der Waals surface area contributed by atoms with E-state index in [0.29, 0.717) is 30.5 Å². The normalized spacial score (nSPS) is 16.1. The smallest absolute Gasteiger partial charge is 0.450 e. The van der Waals surface area contributed by atoms with Gasteiger partial charge in [0.1, 0.15) is 5.60 Å². The molecule has 0 aliphatic carbocycles. The van der Waals surface area contributed by atoms with Gasteiger partial charge >= 0.3 is 6.16 Å². The first-order valence-electron chi connectivity index (χ1n) is 11.5. The van der Waals surface area contributed by atoms with E-state index in [4.69, 9.17) is 14.4 Å². The van der Waals surface area contributed by atoms with E-state index in [0.717, 1.165) is 37.2 Å². The molecule has 174 valence electrons. The summed E-state index contributed by atoms with van der Waals surface area (Å²) >= 11 is 0. The maximum absolute atomic E-state index is 10.9. The van der Waals surface area contributed by atoms with Gasteiger partial charge in [-0.05, 0) is 55.4 Å². The molecule has 0 bridgehead atoms. The fraction of sp³-hybridized carbons (Fsp3) is 0.423. The molecule has 1 aliphatic rings. The molecule has 1 N–H and O–H groups in total. The van der Waals surface area contributed by atoms with Gasteiger partial charge in [0.05, 0.1) is 0 Å². The third kappa shape index (κ3) is 5.99. The third-order valence-corrected chi connectivity index (χ3v) is 6.14. The molecule has 2 heterocycles. The van der Waals surface area contributed by atoms with Gasteiger partial charge in [-0.3, -0.25) is 4.90 Å². The fourth-order valence-corrected chi connectivity index (χ4v) is 4.23. The lowest BCUT2D eigenvalue weighted by Crippen LogP contribution is -2.44. The molecule has 0 amide bonds. The number of carbonyl (C=O) groups is 1. The summed E-state index contributed by atoms with van der Waals surface area (Å²) in [5, 5.41) is 13.1. The summed E-state index contributed by atoms with van der Waals surface area (Å²) in [6, 6.07) is 16.5. The Labute approximate surface area is 194 Å². The Morgan fingerprint density at radius 1 is 1.06 bits per heavy atom. The molecule has 1 aliphatic heterocycles. The molecule has 1 saturated heterocycles. The molecule has 7 nitrogen and oxygen atoms in total. The summed E-state index contributed by atoms with van der Waals surface area (Å²) in [7, 11) is 0. The third-order valence-electron chi connectivity index (χ3n) is 6.14. The quantitative estimate of drug-likeness (QED) is 0.466. The number of hydrogen-bond donors (Lipinski definition) is 1. The van der Waals surface area contributed by atoms with Crippen LogP contribution in [0.15, 0.2) is 53.1 Å². The molecular weight excluding hydrogens is 418 g/mol. The lowest BCUT2D eigenvalue weighted by Gasteiger charge is -2.38. The van der Waals surface area contributed by atoms with Crippen molar-refractivity contribution in [2.75, 3.05) is 13.1 Å². The predicted octanol–water partition coefficient (Wildman–Crippen LogP) is 5.65. The van der Waals surface area contributed by atoms with E-state index in [1.807, 2.05) is 31.2 Å². The van der Waals surface area contributed by atoms with E-state index in [-0.39, 0.29) is 0 Å². The predicted molar refractivity (Wildman–Crippen MR) is 126 cm³/mol. The average molecular weight is 450 g/mol. The first-order valence-corrected chi connectivity index (χ1v) is 11.5. The number of hydrogen-bond acceptors (Lipinski definition) is 6. The summed E-state index contributed by atoms with van der Waals surface area (Å²) < 4.78 is 10.6. The van der Waals surface area contributed by atoms with Gasteiger partial charge in [0.15, 0.2) is 0 Å². The minimum absolute atomic E-state index is 0.519. The number of ether oxygens (including phenoxy) is 1. The Bertz CT molecular complexity index is 1070. The summed E-state index contributed by atoms with van der Waals surface area (Å²) in [5.74, 6) is 1.71. The fourth-order valence-electron chi connectivity index (χ4n) is 4.23. The van der Waals surface area contributed by atoms with Gasteiger partial charge < -0.3 is 14.4 Å². The Hall–Kier alpha value is -3.19. The van der Waals surface area contributed by atoms with Gasteiger partial charge in [0.25, 0.3) is 5.89 Å². The van der Waals surface area contributed by atoms with E-state index in [1.54, 1.807) is 0 Å². The molecule has 0 unspecified atom stereocenters. The Morgan fingerprint density at radius 3 is 2.27 bits per heavy atom. The van der Waals surface area contributed by atoms with Crippen LogP contribution in [0.2, 0.25) is 0 Å². The van der Waals surface area contributed by atoms with Crippen LogP contribution in [0.4, 0.5) is 4.79 Å². The SMILES string of the molecule is CC(C)Cc1ccc(-c2nc(-c3ccc(CN4CCC(C)(OC(=O)O)CC4)cc3)no2)cc1. The van der Waals surface area contributed by atoms with Crippen LogP contribution >= 0.6 is 0 Å². The second kappa shape index (κ2) is 9.75. The molecule has 0 spiro atoms. The number of benzene rings is 2. The van der Waals surface area contributed by atoms with Crippen LogP contribution in [0, 0.1) is 5.92 Å². The van der Waals surface area contributed by atoms with Crippen LogP contribution in [0.3, 0.4) is 0 Å². The second-order valence-electron chi connectivity index (χ2n) is 9.51. The number of rotatable bonds is 7. The number of nitrogens with zero attached hydrogens (tertiary/aromatic N) is 3. The minimum Gasteiger partial charge on any atom is -0.450 e. The van der Waals surface area contributed by atoms with Gasteiger partial charge in [0.2, 0.25) is 5.82 Å².